The fourth-order valence-corrected chi connectivity index (χ4v) is 3.78. The first kappa shape index (κ1) is 19.1. The summed E-state index contributed by atoms with van der Waals surface area (Å²) in [6.45, 7) is 0. The van der Waals surface area contributed by atoms with Crippen LogP contribution < -0.4 is 22.1 Å². The van der Waals surface area contributed by atoms with Crippen LogP contribution in [0.2, 0.25) is 0 Å². The highest BCUT2D eigenvalue weighted by molar-refractivity contribution is 6.00. The molecule has 6 N–H and O–H groups in total. The van der Waals surface area contributed by atoms with Gasteiger partial charge in [0, 0.05) is 30.7 Å². The van der Waals surface area contributed by atoms with Crippen LogP contribution in [0.5, 0.6) is 0 Å². The molecule has 2 atom stereocenters. The van der Waals surface area contributed by atoms with Crippen LogP contribution in [0.15, 0.2) is 30.5 Å². The largest absolute Gasteiger partial charge is 0.365 e. The molecule has 0 aliphatic heterocycles. The first-order valence-corrected chi connectivity index (χ1v) is 9.64. The van der Waals surface area contributed by atoms with Crippen molar-refractivity contribution in [2.45, 2.75) is 37.8 Å². The number of rotatable bonds is 5. The predicted molar refractivity (Wildman–Crippen MR) is 111 cm³/mol. The third-order valence-corrected chi connectivity index (χ3v) is 5.29. The molecule has 0 radical (unpaired) electrons. The van der Waals surface area contributed by atoms with Gasteiger partial charge in [-0.25, -0.2) is 9.37 Å². The minimum atomic E-state index is -0.770. The molecule has 152 valence electrons. The molecule has 2 heterocycles. The quantitative estimate of drug-likeness (QED) is 0.525. The molecular weight excluding hydrogens is 373 g/mol. The number of benzene rings is 1. The molecule has 0 unspecified atom stereocenters. The second kappa shape index (κ2) is 7.67. The number of primary amides is 1. The lowest BCUT2D eigenvalue weighted by atomic mass is 9.91. The van der Waals surface area contributed by atoms with Crippen LogP contribution >= 0.6 is 0 Å². The molecule has 29 heavy (non-hydrogen) atoms. The molecule has 1 aromatic carbocycles. The maximum atomic E-state index is 14.7. The van der Waals surface area contributed by atoms with Crippen molar-refractivity contribution >= 4 is 34.1 Å². The van der Waals surface area contributed by atoms with Crippen LogP contribution in [0, 0.1) is 5.82 Å². The number of aromatic nitrogens is 3. The number of nitrogens with two attached hydrogens (primary N) is 2. The Morgan fingerprint density at radius 1 is 1.28 bits per heavy atom. The zero-order chi connectivity index (χ0) is 20.5. The van der Waals surface area contributed by atoms with E-state index in [0.717, 1.165) is 37.1 Å². The second-order valence-corrected chi connectivity index (χ2v) is 7.45. The lowest BCUT2D eigenvalue weighted by Gasteiger charge is -2.30. The summed E-state index contributed by atoms with van der Waals surface area (Å²) in [4.78, 5) is 16.2. The van der Waals surface area contributed by atoms with Crippen molar-refractivity contribution < 1.29 is 9.18 Å². The van der Waals surface area contributed by atoms with E-state index in [1.54, 1.807) is 4.68 Å². The number of carbonyl (C=O) groups is 1. The van der Waals surface area contributed by atoms with Gasteiger partial charge in [-0.05, 0) is 25.0 Å². The number of halogens is 1. The number of fused-ring (bicyclic) bond motifs is 1. The topological polar surface area (TPSA) is 124 Å². The highest BCUT2D eigenvalue weighted by atomic mass is 19.1. The first-order chi connectivity index (χ1) is 13.9. The van der Waals surface area contributed by atoms with Crippen molar-refractivity contribution in [3.63, 3.8) is 0 Å². The van der Waals surface area contributed by atoms with E-state index in [-0.39, 0.29) is 29.3 Å². The van der Waals surface area contributed by atoms with Crippen molar-refractivity contribution in [1.82, 2.24) is 14.8 Å². The maximum absolute atomic E-state index is 14.7. The van der Waals surface area contributed by atoms with E-state index in [1.165, 1.54) is 0 Å². The number of pyridine rings is 1. The van der Waals surface area contributed by atoms with Gasteiger partial charge in [0.15, 0.2) is 11.6 Å². The third-order valence-electron chi connectivity index (χ3n) is 5.29. The van der Waals surface area contributed by atoms with Crippen molar-refractivity contribution in [1.29, 1.82) is 0 Å². The Balaban J connectivity index is 1.71. The van der Waals surface area contributed by atoms with Gasteiger partial charge in [0.25, 0.3) is 5.91 Å². The molecule has 0 saturated heterocycles. The molecule has 2 aromatic heterocycles. The summed E-state index contributed by atoms with van der Waals surface area (Å²) < 4.78 is 16.3. The number of nitrogens with one attached hydrogen (secondary N) is 2. The first-order valence-electron chi connectivity index (χ1n) is 9.64. The van der Waals surface area contributed by atoms with Crippen LogP contribution in [0.25, 0.3) is 10.9 Å². The summed E-state index contributed by atoms with van der Waals surface area (Å²) in [5.74, 6) is -1.19. The van der Waals surface area contributed by atoms with E-state index in [0.29, 0.717) is 11.2 Å². The van der Waals surface area contributed by atoms with Gasteiger partial charge >= 0.3 is 0 Å². The van der Waals surface area contributed by atoms with Crippen LogP contribution in [-0.4, -0.2) is 32.8 Å². The highest BCUT2D eigenvalue weighted by Crippen LogP contribution is 2.29. The number of nitrogens with zero attached hydrogens (tertiary/aromatic N) is 3. The summed E-state index contributed by atoms with van der Waals surface area (Å²) in [5, 5.41) is 11.6. The molecule has 8 nitrogen and oxygen atoms in total. The minimum Gasteiger partial charge on any atom is -0.365 e. The van der Waals surface area contributed by atoms with Gasteiger partial charge < -0.3 is 22.1 Å². The van der Waals surface area contributed by atoms with E-state index in [9.17, 15) is 9.18 Å². The molecule has 1 fully saturated rings. The summed E-state index contributed by atoms with van der Waals surface area (Å²) in [5.41, 5.74) is 13.0. The maximum Gasteiger partial charge on any atom is 0.252 e. The normalized spacial score (nSPS) is 19.3. The molecule has 1 aliphatic carbocycles. The van der Waals surface area contributed by atoms with Gasteiger partial charge in [0.05, 0.1) is 11.3 Å². The van der Waals surface area contributed by atoms with Crippen molar-refractivity contribution in [2.75, 3.05) is 10.6 Å². The fraction of sp³-hybridized carbons (Fsp3) is 0.350. The Labute approximate surface area is 167 Å². The van der Waals surface area contributed by atoms with E-state index in [4.69, 9.17) is 11.5 Å². The Kier molecular flexibility index (Phi) is 5.06. The summed E-state index contributed by atoms with van der Waals surface area (Å²) >= 11 is 0. The number of carbonyl (C=O) groups excluding carboxylic acids is 1. The van der Waals surface area contributed by atoms with Crippen LogP contribution in [0.3, 0.4) is 0 Å². The van der Waals surface area contributed by atoms with Crippen molar-refractivity contribution in [3.8, 4) is 0 Å². The Bertz CT molecular complexity index is 1060. The summed E-state index contributed by atoms with van der Waals surface area (Å²) in [7, 11) is 1.82. The minimum absolute atomic E-state index is 0.0334. The standard InChI is InChI=1S/C20H24FN7O/c1-28-10-11-5-4-8-16(17(11)27-28)25-19-12(18(23)29)9-13(21)20(26-19)24-15-7-3-2-6-14(15)22/h4-5,8-10,14-15H,2-3,6-7,22H2,1H3,(H2,23,29)(H2,24,25,26)/t14-,15+/m0/s1. The SMILES string of the molecule is Cn1cc2cccc(Nc3nc(N[C@@H]4CCCC[C@@H]4N)c(F)cc3C(N)=O)c2n1. The van der Waals surface area contributed by atoms with E-state index >= 15 is 0 Å². The Morgan fingerprint density at radius 3 is 2.83 bits per heavy atom. The molecule has 0 bridgehead atoms. The molecule has 3 aromatic rings. The zero-order valence-corrected chi connectivity index (χ0v) is 16.2. The molecule has 1 amide bonds. The third kappa shape index (κ3) is 3.86. The molecule has 1 saturated carbocycles. The Morgan fingerprint density at radius 2 is 2.07 bits per heavy atom. The van der Waals surface area contributed by atoms with Crippen LogP contribution in [0.4, 0.5) is 21.7 Å². The lowest BCUT2D eigenvalue weighted by Crippen LogP contribution is -2.43. The van der Waals surface area contributed by atoms with Gasteiger partial charge in [-0.1, -0.05) is 25.0 Å². The van der Waals surface area contributed by atoms with Crippen LogP contribution in [-0.2, 0) is 7.05 Å². The lowest BCUT2D eigenvalue weighted by molar-refractivity contribution is 0.100. The fourth-order valence-electron chi connectivity index (χ4n) is 3.78. The molecular formula is C20H24FN7O. The molecule has 9 heteroatoms. The van der Waals surface area contributed by atoms with Crippen LogP contribution in [0.1, 0.15) is 36.0 Å². The van der Waals surface area contributed by atoms with Gasteiger partial charge in [0.1, 0.15) is 11.3 Å². The zero-order valence-electron chi connectivity index (χ0n) is 16.2. The van der Waals surface area contributed by atoms with Gasteiger partial charge in [-0.2, -0.15) is 5.10 Å². The summed E-state index contributed by atoms with van der Waals surface area (Å²) in [6, 6.07) is 6.57. The van der Waals surface area contributed by atoms with E-state index in [2.05, 4.69) is 20.7 Å². The highest BCUT2D eigenvalue weighted by Gasteiger charge is 2.24. The monoisotopic (exact) mass is 397 g/mol. The smallest absolute Gasteiger partial charge is 0.252 e. The molecule has 1 aliphatic rings. The Hall–Kier alpha value is -3.20. The number of anilines is 3. The van der Waals surface area contributed by atoms with E-state index in [1.807, 2.05) is 31.4 Å². The number of amides is 1. The van der Waals surface area contributed by atoms with Gasteiger partial charge in [-0.15, -0.1) is 0 Å². The predicted octanol–water partition coefficient (Wildman–Crippen LogP) is 2.63. The number of hydrogen-bond donors (Lipinski definition) is 4. The average Bonchev–Trinajstić information content (AvgIpc) is 3.07. The van der Waals surface area contributed by atoms with Crippen molar-refractivity contribution in [3.05, 3.63) is 41.8 Å². The second-order valence-electron chi connectivity index (χ2n) is 7.45. The number of hydrogen-bond acceptors (Lipinski definition) is 6. The van der Waals surface area contributed by atoms with Crippen molar-refractivity contribution in [2.24, 2.45) is 18.5 Å². The average molecular weight is 397 g/mol. The van der Waals surface area contributed by atoms with E-state index < -0.39 is 11.7 Å². The molecule has 4 rings (SSSR count). The van der Waals surface area contributed by atoms with Gasteiger partial charge in [-0.3, -0.25) is 9.48 Å². The molecule has 0 spiro atoms. The van der Waals surface area contributed by atoms with Gasteiger partial charge in [0.2, 0.25) is 0 Å². The number of aryl methyl sites for hydroxylation is 1. The summed E-state index contributed by atoms with van der Waals surface area (Å²) in [6.07, 6.45) is 5.70.